The maximum atomic E-state index is 4.25. The molecule has 0 saturated heterocycles. The standard InChI is InChI=1S/C13H13IN4/c1-9-7-10(2)17-13(16-9)18-15-8-11-5-3-4-6-12(11)14/h3-8H,1-2H3,(H,16,17,18). The molecule has 0 aliphatic rings. The Labute approximate surface area is 120 Å². The summed E-state index contributed by atoms with van der Waals surface area (Å²) in [5, 5.41) is 4.15. The first-order chi connectivity index (χ1) is 8.65. The second-order valence-electron chi connectivity index (χ2n) is 3.87. The van der Waals surface area contributed by atoms with Crippen molar-refractivity contribution in [2.45, 2.75) is 13.8 Å². The fraction of sp³-hybridized carbons (Fsp3) is 0.154. The molecule has 2 rings (SSSR count). The van der Waals surface area contributed by atoms with E-state index in [4.69, 9.17) is 0 Å². The minimum Gasteiger partial charge on any atom is -0.245 e. The van der Waals surface area contributed by atoms with Crippen molar-refractivity contribution in [1.29, 1.82) is 0 Å². The maximum Gasteiger partial charge on any atom is 0.243 e. The maximum absolute atomic E-state index is 4.25. The van der Waals surface area contributed by atoms with Gasteiger partial charge >= 0.3 is 0 Å². The summed E-state index contributed by atoms with van der Waals surface area (Å²) in [5.41, 5.74) is 5.76. The van der Waals surface area contributed by atoms with Crippen LogP contribution in [0.5, 0.6) is 0 Å². The van der Waals surface area contributed by atoms with Gasteiger partial charge in [-0.05, 0) is 48.6 Å². The predicted octanol–water partition coefficient (Wildman–Crippen LogP) is 3.14. The van der Waals surface area contributed by atoms with E-state index in [0.717, 1.165) is 20.5 Å². The third kappa shape index (κ3) is 3.49. The molecule has 0 atom stereocenters. The van der Waals surface area contributed by atoms with Crippen LogP contribution in [0.2, 0.25) is 0 Å². The highest BCUT2D eigenvalue weighted by molar-refractivity contribution is 14.1. The number of hydrogen-bond donors (Lipinski definition) is 1. The summed E-state index contributed by atoms with van der Waals surface area (Å²) in [5.74, 6) is 0.523. The Kier molecular flexibility index (Phi) is 4.24. The zero-order valence-corrected chi connectivity index (χ0v) is 12.3. The molecule has 0 radical (unpaired) electrons. The molecule has 1 aromatic carbocycles. The highest BCUT2D eigenvalue weighted by atomic mass is 127. The zero-order valence-electron chi connectivity index (χ0n) is 10.2. The fourth-order valence-corrected chi connectivity index (χ4v) is 2.04. The Morgan fingerprint density at radius 1 is 1.17 bits per heavy atom. The second kappa shape index (κ2) is 5.90. The van der Waals surface area contributed by atoms with E-state index < -0.39 is 0 Å². The van der Waals surface area contributed by atoms with Crippen molar-refractivity contribution in [3.63, 3.8) is 0 Å². The zero-order chi connectivity index (χ0) is 13.0. The largest absolute Gasteiger partial charge is 0.245 e. The number of aryl methyl sites for hydroxylation is 2. The molecule has 0 unspecified atom stereocenters. The van der Waals surface area contributed by atoms with Crippen LogP contribution in [0.4, 0.5) is 5.95 Å². The van der Waals surface area contributed by atoms with Gasteiger partial charge < -0.3 is 0 Å². The van der Waals surface area contributed by atoms with Crippen molar-refractivity contribution in [2.24, 2.45) is 5.10 Å². The van der Waals surface area contributed by atoms with E-state index in [9.17, 15) is 0 Å². The van der Waals surface area contributed by atoms with Gasteiger partial charge in [0, 0.05) is 20.5 Å². The third-order valence-electron chi connectivity index (χ3n) is 2.26. The summed E-state index contributed by atoms with van der Waals surface area (Å²) < 4.78 is 1.15. The molecular formula is C13H13IN4. The fourth-order valence-electron chi connectivity index (χ4n) is 1.52. The summed E-state index contributed by atoms with van der Waals surface area (Å²) >= 11 is 2.28. The van der Waals surface area contributed by atoms with E-state index >= 15 is 0 Å². The molecular weight excluding hydrogens is 339 g/mol. The van der Waals surface area contributed by atoms with E-state index in [-0.39, 0.29) is 0 Å². The predicted molar refractivity (Wildman–Crippen MR) is 81.9 cm³/mol. The van der Waals surface area contributed by atoms with Gasteiger partial charge in [-0.1, -0.05) is 18.2 Å². The Balaban J connectivity index is 2.10. The van der Waals surface area contributed by atoms with Gasteiger partial charge in [0.2, 0.25) is 5.95 Å². The third-order valence-corrected chi connectivity index (χ3v) is 3.24. The Morgan fingerprint density at radius 3 is 2.50 bits per heavy atom. The number of benzene rings is 1. The van der Waals surface area contributed by atoms with Gasteiger partial charge in [-0.3, -0.25) is 0 Å². The summed E-state index contributed by atoms with van der Waals surface area (Å²) in [6, 6.07) is 9.95. The van der Waals surface area contributed by atoms with Crippen LogP contribution < -0.4 is 5.43 Å². The number of halogens is 1. The first-order valence-electron chi connectivity index (χ1n) is 5.51. The highest BCUT2D eigenvalue weighted by Gasteiger charge is 1.97. The van der Waals surface area contributed by atoms with E-state index in [0.29, 0.717) is 5.95 Å². The van der Waals surface area contributed by atoms with Gasteiger partial charge in [0.15, 0.2) is 0 Å². The second-order valence-corrected chi connectivity index (χ2v) is 5.03. The van der Waals surface area contributed by atoms with Crippen molar-refractivity contribution in [1.82, 2.24) is 9.97 Å². The summed E-state index contributed by atoms with van der Waals surface area (Å²) in [7, 11) is 0. The smallest absolute Gasteiger partial charge is 0.243 e. The van der Waals surface area contributed by atoms with Crippen LogP contribution in [0.1, 0.15) is 17.0 Å². The Bertz CT molecular complexity index is 561. The van der Waals surface area contributed by atoms with Crippen LogP contribution in [0.15, 0.2) is 35.4 Å². The number of nitrogens with one attached hydrogen (secondary N) is 1. The molecule has 92 valence electrons. The summed E-state index contributed by atoms with van der Waals surface area (Å²) in [4.78, 5) is 8.50. The monoisotopic (exact) mass is 352 g/mol. The van der Waals surface area contributed by atoms with Crippen molar-refractivity contribution in [3.05, 3.63) is 50.9 Å². The lowest BCUT2D eigenvalue weighted by Gasteiger charge is -2.01. The van der Waals surface area contributed by atoms with Gasteiger partial charge in [0.05, 0.1) is 6.21 Å². The molecule has 0 aliphatic heterocycles. The molecule has 0 saturated carbocycles. The highest BCUT2D eigenvalue weighted by Crippen LogP contribution is 2.09. The molecule has 2 aromatic rings. The van der Waals surface area contributed by atoms with Crippen LogP contribution in [0.25, 0.3) is 0 Å². The summed E-state index contributed by atoms with van der Waals surface area (Å²) in [6.45, 7) is 3.87. The normalized spacial score (nSPS) is 10.8. The summed E-state index contributed by atoms with van der Waals surface area (Å²) in [6.07, 6.45) is 1.77. The molecule has 0 aliphatic carbocycles. The van der Waals surface area contributed by atoms with Crippen molar-refractivity contribution in [2.75, 3.05) is 5.43 Å². The van der Waals surface area contributed by atoms with Crippen LogP contribution in [-0.4, -0.2) is 16.2 Å². The first kappa shape index (κ1) is 12.9. The van der Waals surface area contributed by atoms with Crippen LogP contribution in [0.3, 0.4) is 0 Å². The Hall–Kier alpha value is -1.50. The molecule has 4 nitrogen and oxygen atoms in total. The number of nitrogens with zero attached hydrogens (tertiary/aromatic N) is 3. The number of anilines is 1. The molecule has 18 heavy (non-hydrogen) atoms. The van der Waals surface area contributed by atoms with Gasteiger partial charge in [0.1, 0.15) is 0 Å². The first-order valence-corrected chi connectivity index (χ1v) is 6.59. The van der Waals surface area contributed by atoms with E-state index in [1.807, 2.05) is 44.2 Å². The molecule has 1 N–H and O–H groups in total. The van der Waals surface area contributed by atoms with Crippen LogP contribution >= 0.6 is 22.6 Å². The Morgan fingerprint density at radius 2 is 1.83 bits per heavy atom. The SMILES string of the molecule is Cc1cc(C)nc(NN=Cc2ccccc2I)n1. The number of rotatable bonds is 3. The molecule has 0 bridgehead atoms. The quantitative estimate of drug-likeness (QED) is 0.525. The van der Waals surface area contributed by atoms with E-state index in [2.05, 4.69) is 43.1 Å². The number of aromatic nitrogens is 2. The van der Waals surface area contributed by atoms with E-state index in [1.165, 1.54) is 0 Å². The molecule has 5 heteroatoms. The average Bonchev–Trinajstić information content (AvgIpc) is 2.30. The lowest BCUT2D eigenvalue weighted by Crippen LogP contribution is -2.00. The van der Waals surface area contributed by atoms with Gasteiger partial charge in [0.25, 0.3) is 0 Å². The molecule has 0 spiro atoms. The number of hydrogen-bond acceptors (Lipinski definition) is 4. The van der Waals surface area contributed by atoms with Crippen LogP contribution in [0, 0.1) is 17.4 Å². The lowest BCUT2D eigenvalue weighted by molar-refractivity contribution is 1.04. The van der Waals surface area contributed by atoms with Crippen LogP contribution in [-0.2, 0) is 0 Å². The van der Waals surface area contributed by atoms with Gasteiger partial charge in [-0.25, -0.2) is 15.4 Å². The molecule has 0 fully saturated rings. The van der Waals surface area contributed by atoms with Gasteiger partial charge in [-0.2, -0.15) is 5.10 Å². The molecule has 0 amide bonds. The van der Waals surface area contributed by atoms with Gasteiger partial charge in [-0.15, -0.1) is 0 Å². The van der Waals surface area contributed by atoms with Crippen molar-refractivity contribution in [3.8, 4) is 0 Å². The van der Waals surface area contributed by atoms with E-state index in [1.54, 1.807) is 6.21 Å². The molecule has 1 aromatic heterocycles. The minimum atomic E-state index is 0.523. The minimum absolute atomic E-state index is 0.523. The average molecular weight is 352 g/mol. The van der Waals surface area contributed by atoms with Crippen molar-refractivity contribution >= 4 is 34.8 Å². The number of hydrazone groups is 1. The lowest BCUT2D eigenvalue weighted by atomic mass is 10.2. The molecule has 1 heterocycles. The van der Waals surface area contributed by atoms with Crippen molar-refractivity contribution < 1.29 is 0 Å². The topological polar surface area (TPSA) is 50.2 Å².